The number of ether oxygens (including phenoxy) is 2. The number of rotatable bonds is 3. The molecule has 32 heavy (non-hydrogen) atoms. The van der Waals surface area contributed by atoms with E-state index in [9.17, 15) is 18.0 Å². The number of aryl methyl sites for hydroxylation is 1. The zero-order chi connectivity index (χ0) is 23.3. The summed E-state index contributed by atoms with van der Waals surface area (Å²) in [5.41, 5.74) is 1.17. The first-order valence-corrected chi connectivity index (χ1v) is 9.76. The number of hydrogen-bond acceptors (Lipinski definition) is 7. The number of carboxylic acids is 1. The molecule has 2 aromatic rings. The van der Waals surface area contributed by atoms with Gasteiger partial charge in [0.2, 0.25) is 5.88 Å². The van der Waals surface area contributed by atoms with Gasteiger partial charge in [0.25, 0.3) is 5.91 Å². The summed E-state index contributed by atoms with van der Waals surface area (Å²) in [6.07, 6.45) is 1.21. The number of aliphatic carboxylic acids is 1. The van der Waals surface area contributed by atoms with Crippen LogP contribution >= 0.6 is 0 Å². The van der Waals surface area contributed by atoms with E-state index in [-0.39, 0.29) is 24.2 Å². The maximum atomic E-state index is 12.8. The average molecular weight is 454 g/mol. The summed E-state index contributed by atoms with van der Waals surface area (Å²) in [6, 6.07) is 5.58. The molecule has 1 amide bonds. The summed E-state index contributed by atoms with van der Waals surface area (Å²) in [6.45, 7) is 2.91. The van der Waals surface area contributed by atoms with E-state index in [1.54, 1.807) is 18.6 Å². The molecule has 1 N–H and O–H groups in total. The highest BCUT2D eigenvalue weighted by molar-refractivity contribution is 5.92. The van der Waals surface area contributed by atoms with Crippen LogP contribution in [0.2, 0.25) is 0 Å². The smallest absolute Gasteiger partial charge is 0.475 e. The van der Waals surface area contributed by atoms with Gasteiger partial charge in [-0.1, -0.05) is 6.07 Å². The summed E-state index contributed by atoms with van der Waals surface area (Å²) in [5, 5.41) is 7.12. The normalized spacial score (nSPS) is 22.4. The second-order valence-electron chi connectivity index (χ2n) is 7.15. The molecular weight excluding hydrogens is 433 g/mol. The van der Waals surface area contributed by atoms with E-state index >= 15 is 0 Å². The molecule has 172 valence electrons. The fourth-order valence-corrected chi connectivity index (χ4v) is 3.52. The van der Waals surface area contributed by atoms with E-state index < -0.39 is 12.1 Å². The van der Waals surface area contributed by atoms with Crippen molar-refractivity contribution in [2.24, 2.45) is 0 Å². The highest BCUT2D eigenvalue weighted by Gasteiger charge is 2.46. The Labute approximate surface area is 181 Å². The number of pyridine rings is 1. The molecule has 1 saturated heterocycles. The molecule has 3 heterocycles. The quantitative estimate of drug-likeness (QED) is 0.751. The molecule has 0 spiro atoms. The van der Waals surface area contributed by atoms with Crippen molar-refractivity contribution in [3.05, 3.63) is 48.2 Å². The van der Waals surface area contributed by atoms with Crippen LogP contribution in [0.15, 0.2) is 36.8 Å². The number of carbonyl (C=O) groups is 2. The second kappa shape index (κ2) is 9.90. The molecule has 1 aliphatic carbocycles. The van der Waals surface area contributed by atoms with Crippen LogP contribution < -0.4 is 4.74 Å². The van der Waals surface area contributed by atoms with Gasteiger partial charge in [-0.05, 0) is 25.8 Å². The van der Waals surface area contributed by atoms with Crippen molar-refractivity contribution >= 4 is 11.9 Å². The van der Waals surface area contributed by atoms with Crippen LogP contribution in [0.3, 0.4) is 0 Å². The van der Waals surface area contributed by atoms with E-state index in [4.69, 9.17) is 19.4 Å². The number of amides is 1. The molecule has 2 fully saturated rings. The predicted molar refractivity (Wildman–Crippen MR) is 103 cm³/mol. The van der Waals surface area contributed by atoms with E-state index in [0.29, 0.717) is 24.7 Å². The standard InChI is InChI=1S/C18H20N4O3.C2HF3O2/c1-12-10-21-13(11-20-12)18(23)22-8-9-24-17-14(22)5-6-15(17)25-16-4-2-3-7-19-16;3-2(4,5)1(6)7/h2-4,7,10-11,14-15,17H,5-6,8-9H2,1H3;(H,6,7)/t14-,15+,17+;/m0./s1. The maximum Gasteiger partial charge on any atom is 0.490 e. The van der Waals surface area contributed by atoms with Gasteiger partial charge in [0, 0.05) is 25.0 Å². The lowest BCUT2D eigenvalue weighted by Gasteiger charge is -2.38. The van der Waals surface area contributed by atoms with Gasteiger partial charge < -0.3 is 19.5 Å². The number of nitrogens with zero attached hydrogens (tertiary/aromatic N) is 4. The molecule has 3 atom stereocenters. The van der Waals surface area contributed by atoms with Crippen LogP contribution in [0.1, 0.15) is 29.0 Å². The van der Waals surface area contributed by atoms with Crippen molar-refractivity contribution in [3.63, 3.8) is 0 Å². The lowest BCUT2D eigenvalue weighted by atomic mass is 10.1. The van der Waals surface area contributed by atoms with Crippen molar-refractivity contribution in [3.8, 4) is 5.88 Å². The van der Waals surface area contributed by atoms with Crippen molar-refractivity contribution < 1.29 is 37.3 Å². The summed E-state index contributed by atoms with van der Waals surface area (Å²) in [7, 11) is 0. The molecular formula is C20H21F3N4O5. The van der Waals surface area contributed by atoms with Gasteiger partial charge in [-0.3, -0.25) is 9.78 Å². The van der Waals surface area contributed by atoms with Gasteiger partial charge >= 0.3 is 12.1 Å². The fourth-order valence-electron chi connectivity index (χ4n) is 3.52. The first-order valence-electron chi connectivity index (χ1n) is 9.76. The minimum Gasteiger partial charge on any atom is -0.475 e. The largest absolute Gasteiger partial charge is 0.490 e. The fraction of sp³-hybridized carbons (Fsp3) is 0.450. The number of carbonyl (C=O) groups excluding carboxylic acids is 1. The van der Waals surface area contributed by atoms with Crippen LogP contribution in [-0.2, 0) is 9.53 Å². The van der Waals surface area contributed by atoms with Gasteiger partial charge in [-0.2, -0.15) is 13.2 Å². The molecule has 2 aromatic heterocycles. The third kappa shape index (κ3) is 5.69. The zero-order valence-corrected chi connectivity index (χ0v) is 17.0. The number of carboxylic acid groups (broad SMARTS) is 1. The van der Waals surface area contributed by atoms with Crippen molar-refractivity contribution in [2.75, 3.05) is 13.2 Å². The second-order valence-corrected chi connectivity index (χ2v) is 7.15. The third-order valence-electron chi connectivity index (χ3n) is 4.95. The van der Waals surface area contributed by atoms with Crippen molar-refractivity contribution in [2.45, 2.75) is 44.2 Å². The number of hydrogen-bond donors (Lipinski definition) is 1. The van der Waals surface area contributed by atoms with Gasteiger partial charge in [0.1, 0.15) is 17.9 Å². The molecule has 1 saturated carbocycles. The lowest BCUT2D eigenvalue weighted by molar-refractivity contribution is -0.192. The summed E-state index contributed by atoms with van der Waals surface area (Å²) >= 11 is 0. The van der Waals surface area contributed by atoms with Gasteiger partial charge in [-0.15, -0.1) is 0 Å². The van der Waals surface area contributed by atoms with Gasteiger partial charge in [0.05, 0.1) is 24.5 Å². The number of aromatic nitrogens is 3. The van der Waals surface area contributed by atoms with Crippen LogP contribution in [0, 0.1) is 6.92 Å². The summed E-state index contributed by atoms with van der Waals surface area (Å²) in [4.78, 5) is 36.2. The highest BCUT2D eigenvalue weighted by atomic mass is 19.4. The third-order valence-corrected chi connectivity index (χ3v) is 4.95. The number of halogens is 3. The lowest BCUT2D eigenvalue weighted by Crippen LogP contribution is -2.54. The number of fused-ring (bicyclic) bond motifs is 1. The summed E-state index contributed by atoms with van der Waals surface area (Å²) in [5.74, 6) is -2.26. The number of morpholine rings is 1. The monoisotopic (exact) mass is 454 g/mol. The van der Waals surface area contributed by atoms with E-state index in [0.717, 1.165) is 18.5 Å². The Morgan fingerprint density at radius 3 is 2.53 bits per heavy atom. The Hall–Kier alpha value is -3.28. The average Bonchev–Trinajstić information content (AvgIpc) is 3.17. The SMILES string of the molecule is Cc1cnc(C(=O)N2CCO[C@H]3[C@H](Oc4ccccn4)CC[C@@H]32)cn1.O=C(O)C(F)(F)F. The van der Waals surface area contributed by atoms with Crippen LogP contribution in [-0.4, -0.2) is 74.4 Å². The zero-order valence-electron chi connectivity index (χ0n) is 17.0. The van der Waals surface area contributed by atoms with E-state index in [2.05, 4.69) is 15.0 Å². The van der Waals surface area contributed by atoms with Crippen LogP contribution in [0.25, 0.3) is 0 Å². The molecule has 0 unspecified atom stereocenters. The molecule has 4 rings (SSSR count). The molecule has 12 heteroatoms. The molecule has 0 radical (unpaired) electrons. The van der Waals surface area contributed by atoms with Crippen molar-refractivity contribution in [1.29, 1.82) is 0 Å². The van der Waals surface area contributed by atoms with Crippen molar-refractivity contribution in [1.82, 2.24) is 19.9 Å². The molecule has 9 nitrogen and oxygen atoms in total. The van der Waals surface area contributed by atoms with Crippen LogP contribution in [0.5, 0.6) is 5.88 Å². The molecule has 1 aliphatic heterocycles. The Balaban J connectivity index is 0.000000360. The number of alkyl halides is 3. The highest BCUT2D eigenvalue weighted by Crippen LogP contribution is 2.33. The maximum absolute atomic E-state index is 12.8. The predicted octanol–water partition coefficient (Wildman–Crippen LogP) is 2.26. The van der Waals surface area contributed by atoms with Gasteiger partial charge in [-0.25, -0.2) is 14.8 Å². The Morgan fingerprint density at radius 2 is 1.94 bits per heavy atom. The minimum atomic E-state index is -5.08. The minimum absolute atomic E-state index is 0.00179. The van der Waals surface area contributed by atoms with Gasteiger partial charge in [0.15, 0.2) is 0 Å². The molecule has 2 aliphatic rings. The van der Waals surface area contributed by atoms with E-state index in [1.165, 1.54) is 0 Å². The summed E-state index contributed by atoms with van der Waals surface area (Å²) < 4.78 is 43.7. The molecule has 0 aromatic carbocycles. The molecule has 0 bridgehead atoms. The topological polar surface area (TPSA) is 115 Å². The first kappa shape index (κ1) is 23.4. The Kier molecular flexibility index (Phi) is 7.23. The Bertz CT molecular complexity index is 927. The van der Waals surface area contributed by atoms with E-state index in [1.807, 2.05) is 30.0 Å². The Morgan fingerprint density at radius 1 is 1.19 bits per heavy atom. The van der Waals surface area contributed by atoms with Crippen LogP contribution in [0.4, 0.5) is 13.2 Å². The first-order chi connectivity index (χ1) is 15.2.